The quantitative estimate of drug-likeness (QED) is 0.777. The molecule has 1 aliphatic rings. The SMILES string of the molecule is O=C(O)C1CCCCN1NOCc1ccccc1. The van der Waals surface area contributed by atoms with E-state index < -0.39 is 12.0 Å². The van der Waals surface area contributed by atoms with Crippen LogP contribution in [0.1, 0.15) is 24.8 Å². The highest BCUT2D eigenvalue weighted by Gasteiger charge is 2.28. The van der Waals surface area contributed by atoms with E-state index in [2.05, 4.69) is 5.59 Å². The third-order valence-corrected chi connectivity index (χ3v) is 3.05. The van der Waals surface area contributed by atoms with Crippen molar-refractivity contribution >= 4 is 5.97 Å². The average Bonchev–Trinajstić information content (AvgIpc) is 2.40. The van der Waals surface area contributed by atoms with Crippen molar-refractivity contribution in [1.29, 1.82) is 0 Å². The molecule has 0 radical (unpaired) electrons. The molecule has 5 nitrogen and oxygen atoms in total. The Bertz CT molecular complexity index is 383. The van der Waals surface area contributed by atoms with Crippen molar-refractivity contribution in [3.63, 3.8) is 0 Å². The van der Waals surface area contributed by atoms with E-state index in [1.165, 1.54) is 0 Å². The van der Waals surface area contributed by atoms with Crippen LogP contribution < -0.4 is 5.59 Å². The normalized spacial score (nSPS) is 20.8. The molecule has 18 heavy (non-hydrogen) atoms. The van der Waals surface area contributed by atoms with Crippen LogP contribution in [0.2, 0.25) is 0 Å². The van der Waals surface area contributed by atoms with Crippen LogP contribution in [0.15, 0.2) is 30.3 Å². The van der Waals surface area contributed by atoms with Gasteiger partial charge in [-0.05, 0) is 24.8 Å². The molecule has 98 valence electrons. The van der Waals surface area contributed by atoms with E-state index in [-0.39, 0.29) is 0 Å². The number of benzene rings is 1. The molecule has 0 saturated carbocycles. The minimum absolute atomic E-state index is 0.420. The highest BCUT2D eigenvalue weighted by molar-refractivity contribution is 5.73. The van der Waals surface area contributed by atoms with Crippen LogP contribution in [0.5, 0.6) is 0 Å². The topological polar surface area (TPSA) is 61.8 Å². The van der Waals surface area contributed by atoms with Crippen molar-refractivity contribution in [2.45, 2.75) is 31.9 Å². The third kappa shape index (κ3) is 3.53. The lowest BCUT2D eigenvalue weighted by Crippen LogP contribution is -2.51. The third-order valence-electron chi connectivity index (χ3n) is 3.05. The van der Waals surface area contributed by atoms with Gasteiger partial charge in [0.2, 0.25) is 0 Å². The van der Waals surface area contributed by atoms with E-state index in [0.717, 1.165) is 18.4 Å². The summed E-state index contributed by atoms with van der Waals surface area (Å²) >= 11 is 0. The van der Waals surface area contributed by atoms with Crippen molar-refractivity contribution in [3.05, 3.63) is 35.9 Å². The Morgan fingerprint density at radius 1 is 1.39 bits per heavy atom. The van der Waals surface area contributed by atoms with Crippen molar-refractivity contribution in [3.8, 4) is 0 Å². The number of nitrogens with one attached hydrogen (secondary N) is 1. The molecule has 2 N–H and O–H groups in total. The van der Waals surface area contributed by atoms with Crippen LogP contribution in [-0.2, 0) is 16.2 Å². The molecule has 0 spiro atoms. The zero-order valence-electron chi connectivity index (χ0n) is 10.2. The molecule has 1 heterocycles. The zero-order valence-corrected chi connectivity index (χ0v) is 10.2. The molecule has 1 aromatic carbocycles. The van der Waals surface area contributed by atoms with Gasteiger partial charge in [0.1, 0.15) is 6.04 Å². The smallest absolute Gasteiger partial charge is 0.322 e. The largest absolute Gasteiger partial charge is 0.480 e. The first-order valence-electron chi connectivity index (χ1n) is 6.18. The number of carbonyl (C=O) groups is 1. The first kappa shape index (κ1) is 13.0. The van der Waals surface area contributed by atoms with Crippen LogP contribution in [-0.4, -0.2) is 28.7 Å². The average molecular weight is 250 g/mol. The van der Waals surface area contributed by atoms with Crippen molar-refractivity contribution < 1.29 is 14.7 Å². The molecule has 0 bridgehead atoms. The number of hydrazine groups is 1. The molecule has 1 saturated heterocycles. The number of aliphatic carboxylic acids is 1. The monoisotopic (exact) mass is 250 g/mol. The van der Waals surface area contributed by atoms with Crippen molar-refractivity contribution in [2.24, 2.45) is 0 Å². The molecule has 1 fully saturated rings. The summed E-state index contributed by atoms with van der Waals surface area (Å²) in [6.45, 7) is 1.12. The van der Waals surface area contributed by atoms with E-state index in [1.54, 1.807) is 5.01 Å². The number of hydrogen-bond acceptors (Lipinski definition) is 4. The Balaban J connectivity index is 1.79. The van der Waals surface area contributed by atoms with Crippen LogP contribution >= 0.6 is 0 Å². The number of piperidine rings is 1. The number of rotatable bonds is 5. The summed E-state index contributed by atoms with van der Waals surface area (Å²) in [5.74, 6) is -0.800. The fraction of sp³-hybridized carbons (Fsp3) is 0.462. The van der Waals surface area contributed by atoms with Gasteiger partial charge in [-0.15, -0.1) is 5.59 Å². The Morgan fingerprint density at radius 3 is 2.89 bits per heavy atom. The molecule has 5 heteroatoms. The highest BCUT2D eigenvalue weighted by atomic mass is 16.7. The number of nitrogens with zero attached hydrogens (tertiary/aromatic N) is 1. The fourth-order valence-electron chi connectivity index (χ4n) is 2.07. The molecule has 1 unspecified atom stereocenters. The Morgan fingerprint density at radius 2 is 2.17 bits per heavy atom. The second-order valence-corrected chi connectivity index (χ2v) is 4.41. The van der Waals surface area contributed by atoms with Gasteiger partial charge in [-0.2, -0.15) is 0 Å². The number of carboxylic acid groups (broad SMARTS) is 1. The molecule has 2 rings (SSSR count). The summed E-state index contributed by atoms with van der Waals surface area (Å²) < 4.78 is 0. The maximum atomic E-state index is 11.1. The lowest BCUT2D eigenvalue weighted by atomic mass is 10.0. The fourth-order valence-corrected chi connectivity index (χ4v) is 2.07. The van der Waals surface area contributed by atoms with E-state index in [9.17, 15) is 4.79 Å². The lowest BCUT2D eigenvalue weighted by molar-refractivity contribution is -0.162. The Labute approximate surface area is 106 Å². The maximum absolute atomic E-state index is 11.1. The van der Waals surface area contributed by atoms with Gasteiger partial charge in [0, 0.05) is 6.54 Å². The molecular weight excluding hydrogens is 232 g/mol. The summed E-state index contributed by atoms with van der Waals surface area (Å²) in [7, 11) is 0. The van der Waals surface area contributed by atoms with Gasteiger partial charge in [-0.1, -0.05) is 30.3 Å². The Hall–Kier alpha value is -1.43. The predicted octanol–water partition coefficient (Wildman–Crippen LogP) is 1.56. The van der Waals surface area contributed by atoms with E-state index >= 15 is 0 Å². The summed E-state index contributed by atoms with van der Waals surface area (Å²) in [6, 6.07) is 9.27. The minimum Gasteiger partial charge on any atom is -0.480 e. The van der Waals surface area contributed by atoms with Gasteiger partial charge in [0.15, 0.2) is 0 Å². The summed E-state index contributed by atoms with van der Waals surface area (Å²) in [4.78, 5) is 16.4. The molecule has 1 aliphatic heterocycles. The van der Waals surface area contributed by atoms with Gasteiger partial charge in [0.25, 0.3) is 0 Å². The standard InChI is InChI=1S/C13H18N2O3/c16-13(17)12-8-4-5-9-15(12)14-18-10-11-6-2-1-3-7-11/h1-3,6-7,12,14H,4-5,8-10H2,(H,16,17). The highest BCUT2D eigenvalue weighted by Crippen LogP contribution is 2.15. The van der Waals surface area contributed by atoms with Gasteiger partial charge >= 0.3 is 5.97 Å². The molecule has 1 aromatic rings. The Kier molecular flexibility index (Phi) is 4.69. The predicted molar refractivity (Wildman–Crippen MR) is 66.3 cm³/mol. The van der Waals surface area contributed by atoms with Crippen LogP contribution in [0.25, 0.3) is 0 Å². The second kappa shape index (κ2) is 6.49. The first-order valence-corrected chi connectivity index (χ1v) is 6.18. The molecule has 0 amide bonds. The van der Waals surface area contributed by atoms with Crippen LogP contribution in [0.4, 0.5) is 0 Å². The summed E-state index contributed by atoms with van der Waals surface area (Å²) in [6.07, 6.45) is 2.61. The zero-order chi connectivity index (χ0) is 12.8. The van der Waals surface area contributed by atoms with Gasteiger partial charge in [0.05, 0.1) is 6.61 Å². The number of carboxylic acids is 1. The second-order valence-electron chi connectivity index (χ2n) is 4.41. The van der Waals surface area contributed by atoms with Crippen LogP contribution in [0.3, 0.4) is 0 Å². The summed E-state index contributed by atoms with van der Waals surface area (Å²) in [5, 5.41) is 10.7. The van der Waals surface area contributed by atoms with Crippen molar-refractivity contribution in [1.82, 2.24) is 10.6 Å². The summed E-state index contributed by atoms with van der Waals surface area (Å²) in [5.41, 5.74) is 3.80. The molecular formula is C13H18N2O3. The van der Waals surface area contributed by atoms with Gasteiger partial charge < -0.3 is 5.11 Å². The first-order chi connectivity index (χ1) is 8.77. The number of hydrogen-bond donors (Lipinski definition) is 2. The van der Waals surface area contributed by atoms with Gasteiger partial charge in [-0.25, -0.2) is 5.01 Å². The maximum Gasteiger partial charge on any atom is 0.322 e. The van der Waals surface area contributed by atoms with E-state index in [1.807, 2.05) is 30.3 Å². The van der Waals surface area contributed by atoms with Gasteiger partial charge in [-0.3, -0.25) is 9.63 Å². The van der Waals surface area contributed by atoms with Crippen LogP contribution in [0, 0.1) is 0 Å². The lowest BCUT2D eigenvalue weighted by Gasteiger charge is -2.32. The molecule has 1 atom stereocenters. The van der Waals surface area contributed by atoms with Crippen molar-refractivity contribution in [2.75, 3.05) is 6.54 Å². The molecule has 0 aliphatic carbocycles. The molecule has 0 aromatic heterocycles. The van der Waals surface area contributed by atoms with E-state index in [0.29, 0.717) is 19.6 Å². The minimum atomic E-state index is -0.800. The van der Waals surface area contributed by atoms with E-state index in [4.69, 9.17) is 9.94 Å².